The number of hydrogen-bond donors (Lipinski definition) is 1. The Morgan fingerprint density at radius 3 is 2.31 bits per heavy atom. The van der Waals surface area contributed by atoms with E-state index in [2.05, 4.69) is 4.98 Å². The number of aromatic amines is 1. The van der Waals surface area contributed by atoms with Crippen molar-refractivity contribution in [1.82, 2.24) is 9.88 Å². The first kappa shape index (κ1) is 20.4. The highest BCUT2D eigenvalue weighted by Gasteiger charge is 2.30. The standard InChI is InChI=1S/C22H19F3N2O2/c1-14-4-3-5-16(12-14)19-11-10-18(20(28)26-19)21(29)27(2)13-15-6-8-17(9-7-15)22(23,24)25/h3-12H,13H2,1-2H3,(H,26,28). The van der Waals surface area contributed by atoms with Crippen LogP contribution in [0.25, 0.3) is 11.3 Å². The fourth-order valence-electron chi connectivity index (χ4n) is 2.97. The van der Waals surface area contributed by atoms with E-state index in [9.17, 15) is 22.8 Å². The Hall–Kier alpha value is -3.35. The van der Waals surface area contributed by atoms with Crippen LogP contribution in [0.2, 0.25) is 0 Å². The largest absolute Gasteiger partial charge is 0.416 e. The molecule has 150 valence electrons. The van der Waals surface area contributed by atoms with Gasteiger partial charge in [-0.3, -0.25) is 9.59 Å². The van der Waals surface area contributed by atoms with E-state index in [0.29, 0.717) is 11.3 Å². The van der Waals surface area contributed by atoms with E-state index >= 15 is 0 Å². The Bertz CT molecular complexity index is 1090. The average Bonchev–Trinajstić information content (AvgIpc) is 2.67. The molecule has 1 N–H and O–H groups in total. The fourth-order valence-corrected chi connectivity index (χ4v) is 2.97. The number of benzene rings is 2. The molecular weight excluding hydrogens is 381 g/mol. The lowest BCUT2D eigenvalue weighted by atomic mass is 10.1. The lowest BCUT2D eigenvalue weighted by molar-refractivity contribution is -0.137. The van der Waals surface area contributed by atoms with Crippen LogP contribution in [0.3, 0.4) is 0 Å². The highest BCUT2D eigenvalue weighted by atomic mass is 19.4. The third-order valence-corrected chi connectivity index (χ3v) is 4.52. The van der Waals surface area contributed by atoms with E-state index in [0.717, 1.165) is 23.3 Å². The molecule has 0 atom stereocenters. The molecule has 0 aliphatic heterocycles. The Balaban J connectivity index is 1.76. The zero-order chi connectivity index (χ0) is 21.2. The molecule has 1 amide bonds. The number of alkyl halides is 3. The van der Waals surface area contributed by atoms with Crippen LogP contribution < -0.4 is 5.56 Å². The van der Waals surface area contributed by atoms with E-state index in [1.54, 1.807) is 6.07 Å². The van der Waals surface area contributed by atoms with Gasteiger partial charge in [0, 0.05) is 19.3 Å². The van der Waals surface area contributed by atoms with Gasteiger partial charge in [0.2, 0.25) is 0 Å². The van der Waals surface area contributed by atoms with Crippen molar-refractivity contribution in [3.8, 4) is 11.3 Å². The van der Waals surface area contributed by atoms with Crippen LogP contribution in [-0.2, 0) is 12.7 Å². The van der Waals surface area contributed by atoms with Crippen molar-refractivity contribution in [1.29, 1.82) is 0 Å². The molecule has 1 aromatic heterocycles. The molecule has 0 spiro atoms. The number of pyridine rings is 1. The second kappa shape index (κ2) is 7.95. The van der Waals surface area contributed by atoms with Crippen molar-refractivity contribution in [2.75, 3.05) is 7.05 Å². The van der Waals surface area contributed by atoms with Crippen LogP contribution in [0.15, 0.2) is 65.5 Å². The monoisotopic (exact) mass is 400 g/mol. The summed E-state index contributed by atoms with van der Waals surface area (Å²) in [6.45, 7) is 2.02. The number of nitrogens with zero attached hydrogens (tertiary/aromatic N) is 1. The minimum absolute atomic E-state index is 0.0317. The van der Waals surface area contributed by atoms with Crippen LogP contribution >= 0.6 is 0 Å². The first-order chi connectivity index (χ1) is 13.6. The third-order valence-electron chi connectivity index (χ3n) is 4.52. The normalized spacial score (nSPS) is 11.3. The van der Waals surface area contributed by atoms with Gasteiger partial charge < -0.3 is 9.88 Å². The molecule has 0 fully saturated rings. The highest BCUT2D eigenvalue weighted by Crippen LogP contribution is 2.29. The predicted octanol–water partition coefficient (Wildman–Crippen LogP) is 4.64. The molecule has 0 saturated carbocycles. The predicted molar refractivity (Wildman–Crippen MR) is 104 cm³/mol. The van der Waals surface area contributed by atoms with Crippen molar-refractivity contribution in [3.63, 3.8) is 0 Å². The molecule has 3 rings (SSSR count). The number of aryl methyl sites for hydroxylation is 1. The summed E-state index contributed by atoms with van der Waals surface area (Å²) in [5, 5.41) is 0. The van der Waals surface area contributed by atoms with Crippen molar-refractivity contribution in [2.45, 2.75) is 19.6 Å². The first-order valence-electron chi connectivity index (χ1n) is 8.87. The van der Waals surface area contributed by atoms with Gasteiger partial charge in [-0.25, -0.2) is 0 Å². The molecule has 0 unspecified atom stereocenters. The molecule has 29 heavy (non-hydrogen) atoms. The van der Waals surface area contributed by atoms with E-state index in [-0.39, 0.29) is 12.1 Å². The Labute approximate surface area is 165 Å². The number of halogens is 3. The average molecular weight is 400 g/mol. The topological polar surface area (TPSA) is 53.2 Å². The zero-order valence-corrected chi connectivity index (χ0v) is 15.9. The minimum atomic E-state index is -4.41. The molecule has 2 aromatic carbocycles. The third kappa shape index (κ3) is 4.74. The maximum Gasteiger partial charge on any atom is 0.416 e. The molecule has 0 bridgehead atoms. The fraction of sp³-hybridized carbons (Fsp3) is 0.182. The van der Waals surface area contributed by atoms with Crippen LogP contribution in [0.4, 0.5) is 13.2 Å². The summed E-state index contributed by atoms with van der Waals surface area (Å²) in [6, 6.07) is 15.3. The Morgan fingerprint density at radius 2 is 1.72 bits per heavy atom. The molecule has 0 aliphatic carbocycles. The summed E-state index contributed by atoms with van der Waals surface area (Å²) >= 11 is 0. The van der Waals surface area contributed by atoms with Crippen molar-refractivity contribution >= 4 is 5.91 Å². The van der Waals surface area contributed by atoms with E-state index < -0.39 is 23.2 Å². The van der Waals surface area contributed by atoms with Gasteiger partial charge in [-0.15, -0.1) is 0 Å². The summed E-state index contributed by atoms with van der Waals surface area (Å²) in [5.41, 5.74) is 1.70. The summed E-state index contributed by atoms with van der Waals surface area (Å²) in [7, 11) is 1.49. The summed E-state index contributed by atoms with van der Waals surface area (Å²) in [5.74, 6) is -0.512. The Morgan fingerprint density at radius 1 is 1.03 bits per heavy atom. The number of hydrogen-bond acceptors (Lipinski definition) is 2. The molecule has 1 heterocycles. The molecule has 3 aromatic rings. The van der Waals surface area contributed by atoms with Gasteiger partial charge in [-0.05, 0) is 48.4 Å². The van der Waals surface area contributed by atoms with Crippen LogP contribution in [-0.4, -0.2) is 22.8 Å². The van der Waals surface area contributed by atoms with Gasteiger partial charge in [0.1, 0.15) is 5.56 Å². The van der Waals surface area contributed by atoms with Crippen LogP contribution in [0.5, 0.6) is 0 Å². The quantitative estimate of drug-likeness (QED) is 0.694. The van der Waals surface area contributed by atoms with Crippen molar-refractivity contribution in [2.24, 2.45) is 0 Å². The molecule has 0 aliphatic rings. The van der Waals surface area contributed by atoms with E-state index in [4.69, 9.17) is 0 Å². The maximum absolute atomic E-state index is 12.7. The number of carbonyl (C=O) groups is 1. The van der Waals surface area contributed by atoms with Crippen LogP contribution in [0, 0.1) is 6.92 Å². The SMILES string of the molecule is Cc1cccc(-c2ccc(C(=O)N(C)Cc3ccc(C(F)(F)F)cc3)c(=O)[nH]2)c1. The lowest BCUT2D eigenvalue weighted by Crippen LogP contribution is -2.31. The second-order valence-electron chi connectivity index (χ2n) is 6.84. The number of aromatic nitrogens is 1. The van der Waals surface area contributed by atoms with Crippen molar-refractivity contribution < 1.29 is 18.0 Å². The molecule has 0 radical (unpaired) electrons. The van der Waals surface area contributed by atoms with Crippen LogP contribution in [0.1, 0.15) is 27.0 Å². The zero-order valence-electron chi connectivity index (χ0n) is 15.9. The summed E-state index contributed by atoms with van der Waals surface area (Å²) in [6.07, 6.45) is -4.41. The van der Waals surface area contributed by atoms with Gasteiger partial charge >= 0.3 is 6.18 Å². The summed E-state index contributed by atoms with van der Waals surface area (Å²) < 4.78 is 38.0. The van der Waals surface area contributed by atoms with Crippen molar-refractivity contribution in [3.05, 3.63) is 93.3 Å². The van der Waals surface area contributed by atoms with Gasteiger partial charge in [-0.2, -0.15) is 13.2 Å². The van der Waals surface area contributed by atoms with E-state index in [1.165, 1.54) is 30.1 Å². The lowest BCUT2D eigenvalue weighted by Gasteiger charge is -2.17. The maximum atomic E-state index is 12.7. The second-order valence-corrected chi connectivity index (χ2v) is 6.84. The number of H-pyrrole nitrogens is 1. The Kier molecular flexibility index (Phi) is 5.59. The summed E-state index contributed by atoms with van der Waals surface area (Å²) in [4.78, 5) is 29.1. The highest BCUT2D eigenvalue weighted by molar-refractivity contribution is 5.93. The van der Waals surface area contributed by atoms with E-state index in [1.807, 2.05) is 31.2 Å². The first-order valence-corrected chi connectivity index (χ1v) is 8.87. The number of rotatable bonds is 4. The number of amides is 1. The molecule has 7 heteroatoms. The minimum Gasteiger partial charge on any atom is -0.337 e. The van der Waals surface area contributed by atoms with Gasteiger partial charge in [-0.1, -0.05) is 35.9 Å². The molecule has 0 saturated heterocycles. The molecular formula is C22H19F3N2O2. The van der Waals surface area contributed by atoms with Gasteiger partial charge in [0.15, 0.2) is 0 Å². The van der Waals surface area contributed by atoms with Gasteiger partial charge in [0.25, 0.3) is 11.5 Å². The van der Waals surface area contributed by atoms with Gasteiger partial charge in [0.05, 0.1) is 5.56 Å². The number of carbonyl (C=O) groups excluding carboxylic acids is 1. The number of nitrogens with one attached hydrogen (secondary N) is 1. The smallest absolute Gasteiger partial charge is 0.337 e. The molecule has 4 nitrogen and oxygen atoms in total.